The molecule has 2 heterocycles. The Morgan fingerprint density at radius 1 is 1.69 bits per heavy atom. The van der Waals surface area contributed by atoms with Crippen LogP contribution in [0, 0.1) is 0 Å². The van der Waals surface area contributed by atoms with Crippen molar-refractivity contribution in [3.05, 3.63) is 5.51 Å². The second-order valence-electron chi connectivity index (χ2n) is 3.30. The van der Waals surface area contributed by atoms with E-state index < -0.39 is 0 Å². The maximum absolute atomic E-state index is 4.08. The van der Waals surface area contributed by atoms with Crippen molar-refractivity contribution < 1.29 is 0 Å². The number of likely N-dealkylation sites (N-methyl/N-ethyl adjacent to an activating group) is 1. The molecule has 0 aromatic carbocycles. The summed E-state index contributed by atoms with van der Waals surface area (Å²) in [5.41, 5.74) is 1.79. The summed E-state index contributed by atoms with van der Waals surface area (Å²) in [4.78, 5) is 2.31. The van der Waals surface area contributed by atoms with Gasteiger partial charge in [-0.05, 0) is 19.9 Å². The van der Waals surface area contributed by atoms with Crippen molar-refractivity contribution in [2.45, 2.75) is 18.9 Å². The SMILES string of the molecule is CNC1CCCN(c2nncs2)C1. The average molecular weight is 198 g/mol. The zero-order valence-corrected chi connectivity index (χ0v) is 8.55. The van der Waals surface area contributed by atoms with Crippen LogP contribution in [0.3, 0.4) is 0 Å². The summed E-state index contributed by atoms with van der Waals surface area (Å²) >= 11 is 1.62. The molecule has 0 bridgehead atoms. The van der Waals surface area contributed by atoms with Crippen molar-refractivity contribution >= 4 is 16.5 Å². The van der Waals surface area contributed by atoms with E-state index in [1.807, 2.05) is 7.05 Å². The normalized spacial score (nSPS) is 23.5. The molecule has 0 radical (unpaired) electrons. The Bertz CT molecular complexity index is 249. The summed E-state index contributed by atoms with van der Waals surface area (Å²) in [6.45, 7) is 2.18. The largest absolute Gasteiger partial charge is 0.345 e. The maximum Gasteiger partial charge on any atom is 0.208 e. The Morgan fingerprint density at radius 2 is 2.62 bits per heavy atom. The van der Waals surface area contributed by atoms with Gasteiger partial charge in [0.25, 0.3) is 0 Å². The molecule has 5 heteroatoms. The van der Waals surface area contributed by atoms with E-state index in [9.17, 15) is 0 Å². The molecule has 0 saturated carbocycles. The first kappa shape index (κ1) is 8.90. The lowest BCUT2D eigenvalue weighted by molar-refractivity contribution is 0.449. The average Bonchev–Trinajstić information content (AvgIpc) is 2.71. The molecule has 2 rings (SSSR count). The Kier molecular flexibility index (Phi) is 2.75. The van der Waals surface area contributed by atoms with Gasteiger partial charge in [0.2, 0.25) is 5.13 Å². The van der Waals surface area contributed by atoms with E-state index in [0.717, 1.165) is 18.2 Å². The van der Waals surface area contributed by atoms with Gasteiger partial charge in [0.15, 0.2) is 0 Å². The Labute approximate surface area is 82.0 Å². The minimum Gasteiger partial charge on any atom is -0.345 e. The summed E-state index contributed by atoms with van der Waals surface area (Å²) in [7, 11) is 2.02. The molecule has 1 aromatic rings. The van der Waals surface area contributed by atoms with Gasteiger partial charge in [-0.1, -0.05) is 11.3 Å². The number of nitrogens with one attached hydrogen (secondary N) is 1. The van der Waals surface area contributed by atoms with Crippen LogP contribution in [0.4, 0.5) is 5.13 Å². The maximum atomic E-state index is 4.08. The van der Waals surface area contributed by atoms with Gasteiger partial charge in [-0.2, -0.15) is 0 Å². The van der Waals surface area contributed by atoms with Gasteiger partial charge in [0.1, 0.15) is 5.51 Å². The fourth-order valence-corrected chi connectivity index (χ4v) is 2.29. The molecule has 1 aliphatic rings. The lowest BCUT2D eigenvalue weighted by atomic mass is 10.1. The molecule has 13 heavy (non-hydrogen) atoms. The Hall–Kier alpha value is -0.680. The molecule has 0 amide bonds. The highest BCUT2D eigenvalue weighted by molar-refractivity contribution is 7.13. The van der Waals surface area contributed by atoms with Gasteiger partial charge in [0.05, 0.1) is 0 Å². The topological polar surface area (TPSA) is 41.0 Å². The summed E-state index contributed by atoms with van der Waals surface area (Å²) in [6, 6.07) is 0.609. The minimum atomic E-state index is 0.609. The molecule has 1 N–H and O–H groups in total. The van der Waals surface area contributed by atoms with Crippen molar-refractivity contribution in [1.82, 2.24) is 15.5 Å². The minimum absolute atomic E-state index is 0.609. The zero-order chi connectivity index (χ0) is 9.10. The molecule has 4 nitrogen and oxygen atoms in total. The van der Waals surface area contributed by atoms with E-state index in [1.165, 1.54) is 12.8 Å². The van der Waals surface area contributed by atoms with Crippen molar-refractivity contribution in [2.24, 2.45) is 0 Å². The third kappa shape index (κ3) is 1.97. The van der Waals surface area contributed by atoms with E-state index in [2.05, 4.69) is 20.4 Å². The molecule has 72 valence electrons. The Morgan fingerprint density at radius 3 is 3.31 bits per heavy atom. The number of anilines is 1. The highest BCUT2D eigenvalue weighted by atomic mass is 32.1. The molecule has 1 fully saturated rings. The van der Waals surface area contributed by atoms with E-state index in [-0.39, 0.29) is 0 Å². The summed E-state index contributed by atoms with van der Waals surface area (Å²) in [6.07, 6.45) is 2.51. The standard InChI is InChI=1S/C8H14N4S/c1-9-7-3-2-4-12(5-7)8-11-10-6-13-8/h6-7,9H,2-5H2,1H3. The van der Waals surface area contributed by atoms with Crippen LogP contribution in [0.25, 0.3) is 0 Å². The van der Waals surface area contributed by atoms with Gasteiger partial charge in [-0.3, -0.25) is 0 Å². The lowest BCUT2D eigenvalue weighted by Crippen LogP contribution is -2.44. The third-order valence-electron chi connectivity index (χ3n) is 2.45. The fraction of sp³-hybridized carbons (Fsp3) is 0.750. The summed E-state index contributed by atoms with van der Waals surface area (Å²) < 4.78 is 0. The highest BCUT2D eigenvalue weighted by Crippen LogP contribution is 2.20. The molecule has 0 aliphatic carbocycles. The van der Waals surface area contributed by atoms with Crippen molar-refractivity contribution in [3.8, 4) is 0 Å². The molecule has 1 atom stereocenters. The highest BCUT2D eigenvalue weighted by Gasteiger charge is 2.20. The molecular formula is C8H14N4S. The number of hydrogen-bond acceptors (Lipinski definition) is 5. The van der Waals surface area contributed by atoms with Crippen LogP contribution in [0.1, 0.15) is 12.8 Å². The predicted octanol–water partition coefficient (Wildman–Crippen LogP) is 0.726. The van der Waals surface area contributed by atoms with Crippen LogP contribution >= 0.6 is 11.3 Å². The van der Waals surface area contributed by atoms with Crippen molar-refractivity contribution in [3.63, 3.8) is 0 Å². The van der Waals surface area contributed by atoms with Crippen LogP contribution in [0.5, 0.6) is 0 Å². The first-order valence-electron chi connectivity index (χ1n) is 4.58. The Balaban J connectivity index is 2.00. The van der Waals surface area contributed by atoms with E-state index in [1.54, 1.807) is 16.8 Å². The second kappa shape index (κ2) is 4.02. The number of piperidine rings is 1. The monoisotopic (exact) mass is 198 g/mol. The molecule has 0 spiro atoms. The second-order valence-corrected chi connectivity index (χ2v) is 4.11. The van der Waals surface area contributed by atoms with Gasteiger partial charge in [-0.15, -0.1) is 10.2 Å². The molecule has 1 unspecified atom stereocenters. The van der Waals surface area contributed by atoms with Gasteiger partial charge >= 0.3 is 0 Å². The van der Waals surface area contributed by atoms with Gasteiger partial charge < -0.3 is 10.2 Å². The van der Waals surface area contributed by atoms with Crippen LogP contribution < -0.4 is 10.2 Å². The van der Waals surface area contributed by atoms with Crippen molar-refractivity contribution in [1.29, 1.82) is 0 Å². The van der Waals surface area contributed by atoms with Gasteiger partial charge in [0, 0.05) is 19.1 Å². The van der Waals surface area contributed by atoms with Crippen LogP contribution in [-0.2, 0) is 0 Å². The predicted molar refractivity (Wildman–Crippen MR) is 54.2 cm³/mol. The zero-order valence-electron chi connectivity index (χ0n) is 7.73. The first-order chi connectivity index (χ1) is 6.40. The molecular weight excluding hydrogens is 184 g/mol. The molecule has 1 saturated heterocycles. The van der Waals surface area contributed by atoms with Crippen LogP contribution in [0.2, 0.25) is 0 Å². The quantitative estimate of drug-likeness (QED) is 0.760. The number of rotatable bonds is 2. The number of aromatic nitrogens is 2. The summed E-state index contributed by atoms with van der Waals surface area (Å²) in [5.74, 6) is 0. The first-order valence-corrected chi connectivity index (χ1v) is 5.46. The van der Waals surface area contributed by atoms with E-state index in [0.29, 0.717) is 6.04 Å². The fourth-order valence-electron chi connectivity index (χ4n) is 1.69. The number of nitrogens with zero attached hydrogens (tertiary/aromatic N) is 3. The van der Waals surface area contributed by atoms with Gasteiger partial charge in [-0.25, -0.2) is 0 Å². The summed E-state index contributed by atoms with van der Waals surface area (Å²) in [5, 5.41) is 12.3. The van der Waals surface area contributed by atoms with E-state index >= 15 is 0 Å². The molecule has 1 aliphatic heterocycles. The molecule has 1 aromatic heterocycles. The number of hydrogen-bond donors (Lipinski definition) is 1. The third-order valence-corrected chi connectivity index (χ3v) is 3.20. The lowest BCUT2D eigenvalue weighted by Gasteiger charge is -2.31. The smallest absolute Gasteiger partial charge is 0.208 e. The van der Waals surface area contributed by atoms with E-state index in [4.69, 9.17) is 0 Å². The van der Waals surface area contributed by atoms with Crippen LogP contribution in [-0.4, -0.2) is 36.4 Å². The van der Waals surface area contributed by atoms with Crippen LogP contribution in [0.15, 0.2) is 5.51 Å². The van der Waals surface area contributed by atoms with Crippen molar-refractivity contribution in [2.75, 3.05) is 25.0 Å².